The van der Waals surface area contributed by atoms with Crippen LogP contribution in [0.15, 0.2) is 0 Å². The van der Waals surface area contributed by atoms with Crippen molar-refractivity contribution >= 4 is 0 Å². The van der Waals surface area contributed by atoms with E-state index in [0.717, 1.165) is 6.04 Å². The fourth-order valence-electron chi connectivity index (χ4n) is 2.28. The molecule has 0 heterocycles. The van der Waals surface area contributed by atoms with E-state index in [4.69, 9.17) is 0 Å². The average molecular weight is 208 g/mol. The SMILES string of the molecule is CCC[N+](C)(CC)C(CC)CC.[Cl-]. The molecule has 0 aromatic heterocycles. The first-order valence-corrected chi connectivity index (χ1v) is 5.48. The summed E-state index contributed by atoms with van der Waals surface area (Å²) in [5, 5.41) is 0. The molecule has 2 heteroatoms. The third-order valence-corrected chi connectivity index (χ3v) is 3.28. The monoisotopic (exact) mass is 207 g/mol. The normalized spacial score (nSPS) is 15.2. The summed E-state index contributed by atoms with van der Waals surface area (Å²) in [6, 6.07) is 0.870. The first kappa shape index (κ1) is 15.7. The Morgan fingerprint density at radius 3 is 1.69 bits per heavy atom. The Hall–Kier alpha value is 0.250. The largest absolute Gasteiger partial charge is 1.00 e. The van der Waals surface area contributed by atoms with Crippen LogP contribution in [0.3, 0.4) is 0 Å². The molecule has 0 aliphatic carbocycles. The quantitative estimate of drug-likeness (QED) is 0.541. The highest BCUT2D eigenvalue weighted by Gasteiger charge is 2.26. The standard InChI is InChI=1S/C11H26N.ClH/c1-6-10-12(5,9-4)11(7-2)8-3;/h11H,6-10H2,1-5H3;1H/q+1;/p-1. The summed E-state index contributed by atoms with van der Waals surface area (Å²) < 4.78 is 1.27. The van der Waals surface area contributed by atoms with Crippen molar-refractivity contribution in [3.63, 3.8) is 0 Å². The van der Waals surface area contributed by atoms with Gasteiger partial charge >= 0.3 is 0 Å². The van der Waals surface area contributed by atoms with Gasteiger partial charge < -0.3 is 16.9 Å². The highest BCUT2D eigenvalue weighted by atomic mass is 35.5. The predicted octanol–water partition coefficient (Wildman–Crippen LogP) is 0.0555. The Bertz CT molecular complexity index is 113. The lowest BCUT2D eigenvalue weighted by Crippen LogP contribution is -3.00. The van der Waals surface area contributed by atoms with Gasteiger partial charge in [0.1, 0.15) is 0 Å². The van der Waals surface area contributed by atoms with E-state index < -0.39 is 0 Å². The third kappa shape index (κ3) is 4.33. The summed E-state index contributed by atoms with van der Waals surface area (Å²) >= 11 is 0. The molecule has 0 radical (unpaired) electrons. The van der Waals surface area contributed by atoms with Crippen LogP contribution in [0, 0.1) is 0 Å². The smallest absolute Gasteiger partial charge is 0.0882 e. The van der Waals surface area contributed by atoms with Crippen molar-refractivity contribution in [3.05, 3.63) is 0 Å². The maximum absolute atomic E-state index is 2.40. The molecule has 0 bridgehead atoms. The maximum Gasteiger partial charge on any atom is 0.0882 e. The Morgan fingerprint density at radius 1 is 1.00 bits per heavy atom. The minimum atomic E-state index is 0. The molecule has 0 saturated heterocycles. The average Bonchev–Trinajstić information content (AvgIpc) is 2.07. The van der Waals surface area contributed by atoms with Crippen LogP contribution in [0.25, 0.3) is 0 Å². The lowest BCUT2D eigenvalue weighted by Gasteiger charge is -2.40. The van der Waals surface area contributed by atoms with Crippen LogP contribution in [-0.2, 0) is 0 Å². The van der Waals surface area contributed by atoms with E-state index in [1.807, 2.05) is 0 Å². The molecular weight excluding hydrogens is 182 g/mol. The van der Waals surface area contributed by atoms with Crippen molar-refractivity contribution in [1.82, 2.24) is 0 Å². The van der Waals surface area contributed by atoms with Crippen LogP contribution in [0.2, 0.25) is 0 Å². The molecule has 0 spiro atoms. The van der Waals surface area contributed by atoms with Gasteiger partial charge in [-0.05, 0) is 26.2 Å². The zero-order valence-corrected chi connectivity index (χ0v) is 10.7. The van der Waals surface area contributed by atoms with Gasteiger partial charge in [0.15, 0.2) is 0 Å². The highest BCUT2D eigenvalue weighted by molar-refractivity contribution is 4.53. The van der Waals surface area contributed by atoms with Crippen molar-refractivity contribution in [1.29, 1.82) is 0 Å². The molecule has 0 fully saturated rings. The summed E-state index contributed by atoms with van der Waals surface area (Å²) in [6.07, 6.45) is 3.95. The number of quaternary nitrogens is 1. The summed E-state index contributed by atoms with van der Waals surface area (Å²) in [5.41, 5.74) is 0. The molecule has 0 rings (SSSR count). The van der Waals surface area contributed by atoms with Gasteiger partial charge in [0.25, 0.3) is 0 Å². The van der Waals surface area contributed by atoms with Crippen LogP contribution in [-0.4, -0.2) is 30.7 Å². The van der Waals surface area contributed by atoms with Crippen molar-refractivity contribution in [2.45, 2.75) is 53.0 Å². The Balaban J connectivity index is 0. The van der Waals surface area contributed by atoms with Gasteiger partial charge in [0.2, 0.25) is 0 Å². The molecular formula is C11H26ClN. The van der Waals surface area contributed by atoms with E-state index in [1.54, 1.807) is 0 Å². The molecule has 0 amide bonds. The molecule has 0 N–H and O–H groups in total. The highest BCUT2D eigenvalue weighted by Crippen LogP contribution is 2.17. The van der Waals surface area contributed by atoms with E-state index in [1.165, 1.54) is 36.8 Å². The number of halogens is 1. The first-order valence-electron chi connectivity index (χ1n) is 5.48. The molecule has 1 atom stereocenters. The van der Waals surface area contributed by atoms with E-state index in [-0.39, 0.29) is 12.4 Å². The number of nitrogens with zero attached hydrogens (tertiary/aromatic N) is 1. The fraction of sp³-hybridized carbons (Fsp3) is 1.00. The van der Waals surface area contributed by atoms with Gasteiger partial charge in [0.05, 0.1) is 26.2 Å². The maximum atomic E-state index is 2.40. The molecule has 0 aromatic rings. The molecule has 0 aliphatic rings. The number of hydrogen-bond acceptors (Lipinski definition) is 0. The molecule has 0 aromatic carbocycles. The molecule has 1 nitrogen and oxygen atoms in total. The lowest BCUT2D eigenvalue weighted by atomic mass is 10.1. The zero-order chi connectivity index (χ0) is 9.61. The summed E-state index contributed by atoms with van der Waals surface area (Å²) in [5.74, 6) is 0. The van der Waals surface area contributed by atoms with Crippen LogP contribution in [0.1, 0.15) is 47.0 Å². The number of hydrogen-bond donors (Lipinski definition) is 0. The Labute approximate surface area is 90.5 Å². The number of rotatable bonds is 6. The third-order valence-electron chi connectivity index (χ3n) is 3.28. The summed E-state index contributed by atoms with van der Waals surface area (Å²) in [6.45, 7) is 11.8. The van der Waals surface area contributed by atoms with Crippen LogP contribution in [0.4, 0.5) is 0 Å². The Morgan fingerprint density at radius 2 is 1.46 bits per heavy atom. The van der Waals surface area contributed by atoms with E-state index in [0.29, 0.717) is 0 Å². The molecule has 1 unspecified atom stereocenters. The fourth-order valence-corrected chi connectivity index (χ4v) is 2.28. The zero-order valence-electron chi connectivity index (χ0n) is 9.94. The molecule has 13 heavy (non-hydrogen) atoms. The summed E-state index contributed by atoms with van der Waals surface area (Å²) in [4.78, 5) is 0. The van der Waals surface area contributed by atoms with Crippen molar-refractivity contribution in [2.24, 2.45) is 0 Å². The lowest BCUT2D eigenvalue weighted by molar-refractivity contribution is -0.932. The minimum absolute atomic E-state index is 0. The van der Waals surface area contributed by atoms with E-state index in [9.17, 15) is 0 Å². The van der Waals surface area contributed by atoms with Gasteiger partial charge in [-0.1, -0.05) is 20.8 Å². The second-order valence-electron chi connectivity index (χ2n) is 3.99. The van der Waals surface area contributed by atoms with Gasteiger partial charge in [-0.15, -0.1) is 0 Å². The van der Waals surface area contributed by atoms with E-state index >= 15 is 0 Å². The summed E-state index contributed by atoms with van der Waals surface area (Å²) in [7, 11) is 2.40. The molecule has 0 saturated carbocycles. The second-order valence-corrected chi connectivity index (χ2v) is 3.99. The van der Waals surface area contributed by atoms with Gasteiger partial charge in [-0.3, -0.25) is 0 Å². The van der Waals surface area contributed by atoms with Crippen LogP contribution in [0.5, 0.6) is 0 Å². The Kier molecular flexibility index (Phi) is 9.23. The van der Waals surface area contributed by atoms with Crippen LogP contribution < -0.4 is 12.4 Å². The first-order chi connectivity index (χ1) is 5.64. The van der Waals surface area contributed by atoms with Crippen LogP contribution >= 0.6 is 0 Å². The predicted molar refractivity (Wildman–Crippen MR) is 56.3 cm³/mol. The molecule has 0 aliphatic heterocycles. The van der Waals surface area contributed by atoms with E-state index in [2.05, 4.69) is 34.7 Å². The van der Waals surface area contributed by atoms with Gasteiger partial charge in [0, 0.05) is 0 Å². The second kappa shape index (κ2) is 7.64. The molecule has 82 valence electrons. The van der Waals surface area contributed by atoms with Gasteiger partial charge in [-0.2, -0.15) is 0 Å². The topological polar surface area (TPSA) is 0 Å². The van der Waals surface area contributed by atoms with Crippen molar-refractivity contribution < 1.29 is 16.9 Å². The van der Waals surface area contributed by atoms with Crippen molar-refractivity contribution in [3.8, 4) is 0 Å². The minimum Gasteiger partial charge on any atom is -1.00 e. The van der Waals surface area contributed by atoms with Gasteiger partial charge in [-0.25, -0.2) is 0 Å². The van der Waals surface area contributed by atoms with Crippen molar-refractivity contribution in [2.75, 3.05) is 20.1 Å².